The zero-order valence-corrected chi connectivity index (χ0v) is 12.9. The molecule has 21 heavy (non-hydrogen) atoms. The molecule has 0 saturated carbocycles. The summed E-state index contributed by atoms with van der Waals surface area (Å²) in [5.74, 6) is -0.555. The van der Waals surface area contributed by atoms with Crippen molar-refractivity contribution in [1.29, 1.82) is 0 Å². The molecule has 0 unspecified atom stereocenters. The number of benzene rings is 1. The molecule has 0 aliphatic rings. The minimum absolute atomic E-state index is 0.0352. The van der Waals surface area contributed by atoms with Gasteiger partial charge in [-0.2, -0.15) is 0 Å². The largest absolute Gasteiger partial charge is 0.399 e. The minimum Gasteiger partial charge on any atom is -0.399 e. The predicted molar refractivity (Wildman–Crippen MR) is 82.3 cm³/mol. The van der Waals surface area contributed by atoms with E-state index >= 15 is 0 Å². The van der Waals surface area contributed by atoms with Crippen LogP contribution in [-0.2, 0) is 9.53 Å². The Morgan fingerprint density at radius 2 is 2.14 bits per heavy atom. The summed E-state index contributed by atoms with van der Waals surface area (Å²) < 4.78 is 4.88. The van der Waals surface area contributed by atoms with Gasteiger partial charge in [0.2, 0.25) is 5.91 Å². The number of carbonyl (C=O) groups excluding carboxylic acids is 2. The van der Waals surface area contributed by atoms with Crippen molar-refractivity contribution >= 4 is 29.1 Å². The van der Waals surface area contributed by atoms with E-state index in [0.717, 1.165) is 6.42 Å². The number of halogens is 1. The molecule has 3 N–H and O–H groups in total. The Hall–Kier alpha value is -1.79. The number of rotatable bonds is 7. The van der Waals surface area contributed by atoms with E-state index in [9.17, 15) is 9.59 Å². The molecule has 7 heteroatoms. The van der Waals surface area contributed by atoms with Crippen LogP contribution in [0, 0.1) is 0 Å². The second-order valence-corrected chi connectivity index (χ2v) is 5.00. The highest BCUT2D eigenvalue weighted by Gasteiger charge is 2.17. The summed E-state index contributed by atoms with van der Waals surface area (Å²) in [6.45, 7) is 1.06. The molecule has 2 amide bonds. The lowest BCUT2D eigenvalue weighted by atomic mass is 10.2. The fourth-order valence-electron chi connectivity index (χ4n) is 1.70. The van der Waals surface area contributed by atoms with Gasteiger partial charge in [-0.15, -0.1) is 0 Å². The standard InChI is InChI=1S/C14H20ClN3O3/c1-18(9-13(19)17-6-3-7-21-2)14(20)11-5-4-10(16)8-12(11)15/h4-5,8H,3,6-7,9,16H2,1-2H3,(H,17,19). The van der Waals surface area contributed by atoms with Crippen LogP contribution < -0.4 is 11.1 Å². The highest BCUT2D eigenvalue weighted by Crippen LogP contribution is 2.20. The Morgan fingerprint density at radius 3 is 2.76 bits per heavy atom. The number of carbonyl (C=O) groups is 2. The molecule has 0 radical (unpaired) electrons. The first-order valence-electron chi connectivity index (χ1n) is 6.52. The van der Waals surface area contributed by atoms with Crippen molar-refractivity contribution in [2.24, 2.45) is 0 Å². The Balaban J connectivity index is 2.52. The van der Waals surface area contributed by atoms with Gasteiger partial charge in [0, 0.05) is 33.0 Å². The maximum Gasteiger partial charge on any atom is 0.255 e. The second-order valence-electron chi connectivity index (χ2n) is 4.60. The van der Waals surface area contributed by atoms with Gasteiger partial charge in [0.1, 0.15) is 0 Å². The molecular formula is C14H20ClN3O3. The third kappa shape index (κ3) is 5.61. The molecule has 0 bridgehead atoms. The van der Waals surface area contributed by atoms with E-state index in [4.69, 9.17) is 22.1 Å². The average Bonchev–Trinajstić information content (AvgIpc) is 2.43. The predicted octanol–water partition coefficient (Wildman–Crippen LogP) is 1.15. The summed E-state index contributed by atoms with van der Waals surface area (Å²) in [7, 11) is 3.15. The number of likely N-dealkylation sites (N-methyl/N-ethyl adjacent to an activating group) is 1. The fourth-order valence-corrected chi connectivity index (χ4v) is 1.97. The van der Waals surface area contributed by atoms with Crippen molar-refractivity contribution < 1.29 is 14.3 Å². The third-order valence-corrected chi connectivity index (χ3v) is 3.11. The van der Waals surface area contributed by atoms with Crippen molar-refractivity contribution in [3.05, 3.63) is 28.8 Å². The molecular weight excluding hydrogens is 294 g/mol. The fraction of sp³-hybridized carbons (Fsp3) is 0.429. The van der Waals surface area contributed by atoms with Crippen LogP contribution >= 0.6 is 11.6 Å². The summed E-state index contributed by atoms with van der Waals surface area (Å²) in [6, 6.07) is 4.65. The van der Waals surface area contributed by atoms with Crippen LogP contribution in [0.5, 0.6) is 0 Å². The Labute approximate surface area is 129 Å². The van der Waals surface area contributed by atoms with Gasteiger partial charge in [-0.1, -0.05) is 11.6 Å². The number of amides is 2. The highest BCUT2D eigenvalue weighted by atomic mass is 35.5. The lowest BCUT2D eigenvalue weighted by Gasteiger charge is -2.17. The first kappa shape index (κ1) is 17.3. The summed E-state index contributed by atoms with van der Waals surface area (Å²) in [5.41, 5.74) is 6.38. The van der Waals surface area contributed by atoms with Crippen LogP contribution in [-0.4, -0.2) is 50.6 Å². The van der Waals surface area contributed by atoms with Gasteiger partial charge in [0.25, 0.3) is 5.91 Å². The maximum atomic E-state index is 12.2. The van der Waals surface area contributed by atoms with E-state index in [1.165, 1.54) is 11.0 Å². The Kier molecular flexibility index (Phi) is 6.98. The van der Waals surface area contributed by atoms with Gasteiger partial charge < -0.3 is 20.7 Å². The number of ether oxygens (including phenoxy) is 1. The van der Waals surface area contributed by atoms with Gasteiger partial charge in [-0.3, -0.25) is 9.59 Å². The smallest absolute Gasteiger partial charge is 0.255 e. The number of nitrogens with two attached hydrogens (primary N) is 1. The first-order valence-corrected chi connectivity index (χ1v) is 6.89. The molecule has 0 saturated heterocycles. The molecule has 0 aromatic heterocycles. The topological polar surface area (TPSA) is 84.7 Å². The van der Waals surface area contributed by atoms with Crippen LogP contribution in [0.1, 0.15) is 16.8 Å². The molecule has 6 nitrogen and oxygen atoms in total. The van der Waals surface area contributed by atoms with E-state index in [1.54, 1.807) is 26.3 Å². The van der Waals surface area contributed by atoms with Crippen LogP contribution in [0.4, 0.5) is 5.69 Å². The summed E-state index contributed by atoms with van der Waals surface area (Å²) in [4.78, 5) is 25.2. The number of hydrogen-bond acceptors (Lipinski definition) is 4. The minimum atomic E-state index is -0.327. The van der Waals surface area contributed by atoms with Crippen molar-refractivity contribution in [2.45, 2.75) is 6.42 Å². The number of nitrogens with zero attached hydrogens (tertiary/aromatic N) is 1. The van der Waals surface area contributed by atoms with Crippen molar-refractivity contribution in [1.82, 2.24) is 10.2 Å². The normalized spacial score (nSPS) is 10.2. The molecule has 0 fully saturated rings. The third-order valence-electron chi connectivity index (χ3n) is 2.80. The van der Waals surface area contributed by atoms with Crippen molar-refractivity contribution in [2.75, 3.05) is 39.6 Å². The lowest BCUT2D eigenvalue weighted by Crippen LogP contribution is -2.38. The molecule has 0 aliphatic heterocycles. The number of methoxy groups -OCH3 is 1. The summed E-state index contributed by atoms with van der Waals surface area (Å²) in [6.07, 6.45) is 0.726. The molecule has 116 valence electrons. The first-order chi connectivity index (χ1) is 9.95. The monoisotopic (exact) mass is 313 g/mol. The van der Waals surface area contributed by atoms with Crippen molar-refractivity contribution in [3.8, 4) is 0 Å². The molecule has 1 rings (SSSR count). The highest BCUT2D eigenvalue weighted by molar-refractivity contribution is 6.34. The van der Waals surface area contributed by atoms with Crippen LogP contribution in [0.2, 0.25) is 5.02 Å². The second kappa shape index (κ2) is 8.49. The van der Waals surface area contributed by atoms with E-state index in [-0.39, 0.29) is 23.4 Å². The van der Waals surface area contributed by atoms with Gasteiger partial charge in [0.05, 0.1) is 17.1 Å². The average molecular weight is 314 g/mol. The number of nitrogens with one attached hydrogen (secondary N) is 1. The zero-order chi connectivity index (χ0) is 15.8. The lowest BCUT2D eigenvalue weighted by molar-refractivity contribution is -0.121. The van der Waals surface area contributed by atoms with E-state index in [2.05, 4.69) is 5.32 Å². The number of anilines is 1. The molecule has 0 atom stereocenters. The maximum absolute atomic E-state index is 12.2. The van der Waals surface area contributed by atoms with Gasteiger partial charge in [0.15, 0.2) is 0 Å². The molecule has 0 spiro atoms. The quantitative estimate of drug-likeness (QED) is 0.584. The molecule has 0 heterocycles. The molecule has 1 aromatic carbocycles. The van der Waals surface area contributed by atoms with Gasteiger partial charge >= 0.3 is 0 Å². The van der Waals surface area contributed by atoms with Crippen LogP contribution in [0.3, 0.4) is 0 Å². The summed E-state index contributed by atoms with van der Waals surface area (Å²) >= 11 is 5.98. The van der Waals surface area contributed by atoms with Gasteiger partial charge in [-0.05, 0) is 24.6 Å². The van der Waals surface area contributed by atoms with E-state index < -0.39 is 0 Å². The number of hydrogen-bond donors (Lipinski definition) is 2. The SMILES string of the molecule is COCCCNC(=O)CN(C)C(=O)c1ccc(N)cc1Cl. The Bertz CT molecular complexity index is 508. The van der Waals surface area contributed by atoms with Gasteiger partial charge in [-0.25, -0.2) is 0 Å². The van der Waals surface area contributed by atoms with E-state index in [1.807, 2.05) is 0 Å². The zero-order valence-electron chi connectivity index (χ0n) is 12.2. The van der Waals surface area contributed by atoms with Crippen LogP contribution in [0.15, 0.2) is 18.2 Å². The van der Waals surface area contributed by atoms with E-state index in [0.29, 0.717) is 24.4 Å². The molecule has 0 aliphatic carbocycles. The Morgan fingerprint density at radius 1 is 1.43 bits per heavy atom. The van der Waals surface area contributed by atoms with Crippen LogP contribution in [0.25, 0.3) is 0 Å². The number of nitrogen functional groups attached to an aromatic ring is 1. The summed E-state index contributed by atoms with van der Waals surface area (Å²) in [5, 5.41) is 2.98. The molecule has 1 aromatic rings. The van der Waals surface area contributed by atoms with Crippen molar-refractivity contribution in [3.63, 3.8) is 0 Å².